The van der Waals surface area contributed by atoms with Crippen LogP contribution in [-0.2, 0) is 4.79 Å². The minimum absolute atomic E-state index is 0.170. The monoisotopic (exact) mass is 251 g/mol. The number of nitrogens with one attached hydrogen (secondary N) is 1. The van der Waals surface area contributed by atoms with Crippen molar-refractivity contribution >= 4 is 12.1 Å². The van der Waals surface area contributed by atoms with Crippen LogP contribution in [0.1, 0.15) is 20.3 Å². The van der Waals surface area contributed by atoms with Crippen LogP contribution in [0, 0.1) is 5.92 Å². The second-order valence-corrected chi connectivity index (χ2v) is 4.37. The molecule has 0 heterocycles. The third kappa shape index (κ3) is 4.86. The van der Waals surface area contributed by atoms with Gasteiger partial charge < -0.3 is 15.2 Å². The first kappa shape index (κ1) is 14.0. The van der Waals surface area contributed by atoms with E-state index in [0.29, 0.717) is 12.2 Å². The van der Waals surface area contributed by atoms with Crippen molar-refractivity contribution in [2.24, 2.45) is 5.92 Å². The van der Waals surface area contributed by atoms with Crippen molar-refractivity contribution in [1.29, 1.82) is 0 Å². The number of amides is 1. The van der Waals surface area contributed by atoms with Crippen LogP contribution in [0.25, 0.3) is 0 Å². The average molecular weight is 251 g/mol. The Kier molecular flexibility index (Phi) is 5.17. The summed E-state index contributed by atoms with van der Waals surface area (Å²) >= 11 is 0. The van der Waals surface area contributed by atoms with Gasteiger partial charge in [-0.1, -0.05) is 32.0 Å². The quantitative estimate of drug-likeness (QED) is 0.841. The molecule has 0 saturated heterocycles. The second kappa shape index (κ2) is 6.64. The number of rotatable bonds is 5. The Labute approximate surface area is 106 Å². The van der Waals surface area contributed by atoms with Gasteiger partial charge in [-0.05, 0) is 24.5 Å². The van der Waals surface area contributed by atoms with Crippen LogP contribution in [0.15, 0.2) is 30.3 Å². The molecule has 0 aliphatic heterocycles. The van der Waals surface area contributed by atoms with Gasteiger partial charge in [0.1, 0.15) is 11.8 Å². The van der Waals surface area contributed by atoms with Gasteiger partial charge in [-0.25, -0.2) is 9.59 Å². The lowest BCUT2D eigenvalue weighted by Crippen LogP contribution is -2.43. The molecule has 1 unspecified atom stereocenters. The summed E-state index contributed by atoms with van der Waals surface area (Å²) < 4.78 is 4.96. The normalized spacial score (nSPS) is 11.9. The van der Waals surface area contributed by atoms with Crippen LogP contribution in [-0.4, -0.2) is 23.2 Å². The van der Waals surface area contributed by atoms with Crippen molar-refractivity contribution in [3.05, 3.63) is 30.3 Å². The average Bonchev–Trinajstić information content (AvgIpc) is 2.28. The van der Waals surface area contributed by atoms with E-state index in [0.717, 1.165) is 0 Å². The molecule has 2 N–H and O–H groups in total. The van der Waals surface area contributed by atoms with Crippen molar-refractivity contribution in [2.75, 3.05) is 0 Å². The molecular formula is C13H17NO4. The van der Waals surface area contributed by atoms with Gasteiger partial charge >= 0.3 is 12.1 Å². The Bertz CT molecular complexity index is 403. The van der Waals surface area contributed by atoms with Crippen LogP contribution in [0.4, 0.5) is 4.79 Å². The lowest BCUT2D eigenvalue weighted by molar-refractivity contribution is -0.139. The molecule has 0 radical (unpaired) electrons. The van der Waals surface area contributed by atoms with E-state index in [1.165, 1.54) is 0 Å². The lowest BCUT2D eigenvalue weighted by Gasteiger charge is -2.16. The topological polar surface area (TPSA) is 75.6 Å². The highest BCUT2D eigenvalue weighted by atomic mass is 16.6. The summed E-state index contributed by atoms with van der Waals surface area (Å²) in [5.41, 5.74) is 0. The number of ether oxygens (including phenoxy) is 1. The predicted octanol–water partition coefficient (Wildman–Crippen LogP) is 2.27. The minimum Gasteiger partial charge on any atom is -0.480 e. The molecule has 0 spiro atoms. The zero-order valence-electron chi connectivity index (χ0n) is 10.4. The van der Waals surface area contributed by atoms with Gasteiger partial charge in [-0.15, -0.1) is 0 Å². The van der Waals surface area contributed by atoms with Gasteiger partial charge in [0.05, 0.1) is 0 Å². The molecule has 5 nitrogen and oxygen atoms in total. The molecule has 18 heavy (non-hydrogen) atoms. The zero-order valence-corrected chi connectivity index (χ0v) is 10.4. The predicted molar refractivity (Wildman–Crippen MR) is 66.5 cm³/mol. The summed E-state index contributed by atoms with van der Waals surface area (Å²) in [5, 5.41) is 11.3. The number of aliphatic carboxylic acids is 1. The van der Waals surface area contributed by atoms with Crippen molar-refractivity contribution in [2.45, 2.75) is 26.3 Å². The van der Waals surface area contributed by atoms with E-state index in [1.54, 1.807) is 30.3 Å². The second-order valence-electron chi connectivity index (χ2n) is 4.37. The fourth-order valence-corrected chi connectivity index (χ4v) is 1.46. The van der Waals surface area contributed by atoms with E-state index in [9.17, 15) is 9.59 Å². The van der Waals surface area contributed by atoms with Crippen LogP contribution in [0.3, 0.4) is 0 Å². The summed E-state index contributed by atoms with van der Waals surface area (Å²) in [7, 11) is 0. The maximum atomic E-state index is 11.5. The molecule has 0 saturated carbocycles. The van der Waals surface area contributed by atoms with Gasteiger partial charge in [0.2, 0.25) is 0 Å². The first-order chi connectivity index (χ1) is 8.49. The molecule has 1 aromatic carbocycles. The lowest BCUT2D eigenvalue weighted by atomic mass is 10.0. The van der Waals surface area contributed by atoms with Crippen LogP contribution in [0.5, 0.6) is 5.75 Å². The molecule has 98 valence electrons. The minimum atomic E-state index is -1.06. The highest BCUT2D eigenvalue weighted by Crippen LogP contribution is 2.09. The van der Waals surface area contributed by atoms with E-state index in [4.69, 9.17) is 9.84 Å². The Morgan fingerprint density at radius 2 is 1.89 bits per heavy atom. The number of carbonyl (C=O) groups excluding carboxylic acids is 1. The molecule has 1 atom stereocenters. The number of benzene rings is 1. The summed E-state index contributed by atoms with van der Waals surface area (Å²) in [4.78, 5) is 22.5. The fraction of sp³-hybridized carbons (Fsp3) is 0.385. The SMILES string of the molecule is CC(C)CC(NC(=O)Oc1ccccc1)C(=O)O. The van der Waals surface area contributed by atoms with Gasteiger partial charge in [0, 0.05) is 0 Å². The van der Waals surface area contributed by atoms with E-state index >= 15 is 0 Å². The van der Waals surface area contributed by atoms with Gasteiger partial charge in [0.25, 0.3) is 0 Å². The molecule has 0 aliphatic carbocycles. The van der Waals surface area contributed by atoms with Gasteiger partial charge in [0.15, 0.2) is 0 Å². The number of carboxylic acid groups (broad SMARTS) is 1. The van der Waals surface area contributed by atoms with E-state index < -0.39 is 18.1 Å². The number of hydrogen-bond donors (Lipinski definition) is 2. The van der Waals surface area contributed by atoms with E-state index in [1.807, 2.05) is 13.8 Å². The summed E-state index contributed by atoms with van der Waals surface area (Å²) in [5.74, 6) is -0.513. The maximum Gasteiger partial charge on any atom is 0.413 e. The molecule has 0 bridgehead atoms. The molecule has 1 amide bonds. The number of carbonyl (C=O) groups is 2. The molecule has 5 heteroatoms. The molecule has 1 rings (SSSR count). The van der Waals surface area contributed by atoms with Crippen molar-refractivity contribution in [1.82, 2.24) is 5.32 Å². The Morgan fingerprint density at radius 3 is 2.39 bits per heavy atom. The molecule has 0 aromatic heterocycles. The smallest absolute Gasteiger partial charge is 0.413 e. The van der Waals surface area contributed by atoms with Crippen molar-refractivity contribution < 1.29 is 19.4 Å². The van der Waals surface area contributed by atoms with Gasteiger partial charge in [-0.3, -0.25) is 0 Å². The fourth-order valence-electron chi connectivity index (χ4n) is 1.46. The maximum absolute atomic E-state index is 11.5. The highest BCUT2D eigenvalue weighted by Gasteiger charge is 2.21. The molecule has 0 aliphatic rings. The molecule has 1 aromatic rings. The standard InChI is InChI=1S/C13H17NO4/c1-9(2)8-11(12(15)16)14-13(17)18-10-6-4-3-5-7-10/h3-7,9,11H,8H2,1-2H3,(H,14,17)(H,15,16). The summed E-state index contributed by atoms with van der Waals surface area (Å²) in [6.07, 6.45) is -0.395. The summed E-state index contributed by atoms with van der Waals surface area (Å²) in [6.45, 7) is 3.78. The van der Waals surface area contributed by atoms with Crippen LogP contribution < -0.4 is 10.1 Å². The van der Waals surface area contributed by atoms with Crippen molar-refractivity contribution in [3.63, 3.8) is 0 Å². The largest absolute Gasteiger partial charge is 0.480 e. The first-order valence-electron chi connectivity index (χ1n) is 5.75. The van der Waals surface area contributed by atoms with E-state index in [-0.39, 0.29) is 5.92 Å². The Morgan fingerprint density at radius 1 is 1.28 bits per heavy atom. The first-order valence-corrected chi connectivity index (χ1v) is 5.75. The third-order valence-corrected chi connectivity index (χ3v) is 2.25. The number of para-hydroxylation sites is 1. The van der Waals surface area contributed by atoms with Crippen LogP contribution in [0.2, 0.25) is 0 Å². The summed E-state index contributed by atoms with van der Waals surface area (Å²) in [6, 6.07) is 7.57. The van der Waals surface area contributed by atoms with E-state index in [2.05, 4.69) is 5.32 Å². The number of hydrogen-bond acceptors (Lipinski definition) is 3. The van der Waals surface area contributed by atoms with Crippen molar-refractivity contribution in [3.8, 4) is 5.75 Å². The zero-order chi connectivity index (χ0) is 13.5. The number of carboxylic acids is 1. The molecule has 0 fully saturated rings. The highest BCUT2D eigenvalue weighted by molar-refractivity contribution is 5.80. The van der Waals surface area contributed by atoms with Gasteiger partial charge in [-0.2, -0.15) is 0 Å². The Hall–Kier alpha value is -2.04. The Balaban J connectivity index is 2.54. The van der Waals surface area contributed by atoms with Crippen LogP contribution >= 0.6 is 0 Å². The molecular weight excluding hydrogens is 234 g/mol. The third-order valence-electron chi connectivity index (χ3n) is 2.25.